The summed E-state index contributed by atoms with van der Waals surface area (Å²) in [5.74, 6) is 10.7. The van der Waals surface area contributed by atoms with Crippen molar-refractivity contribution < 1.29 is 0 Å². The summed E-state index contributed by atoms with van der Waals surface area (Å²) in [6.07, 6.45) is 0. The van der Waals surface area contributed by atoms with Crippen LogP contribution in [-0.4, -0.2) is 46.0 Å². The summed E-state index contributed by atoms with van der Waals surface area (Å²) in [7, 11) is 4.10. The molecule has 0 aliphatic carbocycles. The third-order valence-electron chi connectivity index (χ3n) is 1.45. The molecule has 1 rings (SSSR count). The molecule has 0 spiro atoms. The molecule has 0 saturated carbocycles. The summed E-state index contributed by atoms with van der Waals surface area (Å²) in [5.41, 5.74) is 0. The maximum atomic E-state index is 2.12. The van der Waals surface area contributed by atoms with Crippen molar-refractivity contribution >= 4 is 56.9 Å². The van der Waals surface area contributed by atoms with E-state index in [0.717, 1.165) is 0 Å². The monoisotopic (exact) mass is 272 g/mol. The molecule has 0 bridgehead atoms. The van der Waals surface area contributed by atoms with Crippen LogP contribution in [0.2, 0.25) is 0 Å². The predicted molar refractivity (Wildman–Crippen MR) is 76.9 cm³/mol. The first-order valence-electron chi connectivity index (χ1n) is 4.48. The Labute approximate surface area is 102 Å². The molecule has 78 valence electrons. The molecule has 0 N–H and O–H groups in total. The van der Waals surface area contributed by atoms with Crippen molar-refractivity contribution in [3.05, 3.63) is 0 Å². The van der Waals surface area contributed by atoms with E-state index in [9.17, 15) is 0 Å². The molecule has 0 nitrogen and oxygen atoms in total. The molecular weight excluding hydrogens is 256 g/mol. The van der Waals surface area contributed by atoms with Gasteiger partial charge in [-0.05, 0) is 0 Å². The summed E-state index contributed by atoms with van der Waals surface area (Å²) in [6.45, 7) is 0. The van der Waals surface area contributed by atoms with Crippen molar-refractivity contribution in [1.82, 2.24) is 0 Å². The molecule has 0 atom stereocenters. The van der Waals surface area contributed by atoms with Gasteiger partial charge in [0.05, 0.1) is 0 Å². The van der Waals surface area contributed by atoms with E-state index >= 15 is 0 Å². The quantitative estimate of drug-likeness (QED) is 0.616. The van der Waals surface area contributed by atoms with Crippen LogP contribution in [0.15, 0.2) is 0 Å². The van der Waals surface area contributed by atoms with Crippen LogP contribution < -0.4 is 0 Å². The van der Waals surface area contributed by atoms with Crippen molar-refractivity contribution in [3.8, 4) is 0 Å². The van der Waals surface area contributed by atoms with Crippen LogP contribution in [0.4, 0.5) is 0 Å². The van der Waals surface area contributed by atoms with Gasteiger partial charge in [-0.15, -0.1) is 0 Å². The first-order valence-corrected chi connectivity index (χ1v) is 10.4. The topological polar surface area (TPSA) is 0 Å². The molecule has 1 saturated heterocycles. The minimum atomic E-state index is 1.32. The molecule has 0 unspecified atom stereocenters. The van der Waals surface area contributed by atoms with Crippen LogP contribution in [0.1, 0.15) is 0 Å². The molecule has 13 heavy (non-hydrogen) atoms. The van der Waals surface area contributed by atoms with Gasteiger partial charge in [0.2, 0.25) is 0 Å². The fourth-order valence-corrected chi connectivity index (χ4v) is 7.00. The highest BCUT2D eigenvalue weighted by Gasteiger charge is 1.96. The molecule has 1 aliphatic heterocycles. The smallest absolute Gasteiger partial charge is 0.0128 e. The van der Waals surface area contributed by atoms with Gasteiger partial charge in [0.25, 0.3) is 0 Å². The number of hydrogen-bond acceptors (Lipinski definition) is 5. The van der Waals surface area contributed by atoms with Crippen LogP contribution in [-0.2, 0) is 0 Å². The van der Waals surface area contributed by atoms with E-state index < -0.39 is 0 Å². The fourth-order valence-electron chi connectivity index (χ4n) is 0.846. The van der Waals surface area contributed by atoms with Crippen molar-refractivity contribution in [2.24, 2.45) is 0 Å². The highest BCUT2D eigenvalue weighted by atomic mass is 33.1. The first-order chi connectivity index (χ1) is 6.50. The predicted octanol–water partition coefficient (Wildman–Crippen LogP) is 3.58. The molecule has 0 aromatic heterocycles. The third kappa shape index (κ3) is 8.73. The second-order valence-electron chi connectivity index (χ2n) is 2.48. The molecule has 0 amide bonds. The normalized spacial score (nSPS) is 24.0. The van der Waals surface area contributed by atoms with Crippen molar-refractivity contribution in [3.63, 3.8) is 0 Å². The summed E-state index contributed by atoms with van der Waals surface area (Å²) in [4.78, 5) is 0. The Balaban J connectivity index is 2.01. The van der Waals surface area contributed by atoms with E-state index in [1.165, 1.54) is 46.0 Å². The zero-order valence-corrected chi connectivity index (χ0v) is 11.8. The largest absolute Gasteiger partial charge is 0.160 e. The standard InChI is InChI=1S/C8H16S5/c1-3-10-5-7-12-13-8-6-11-4-2-9-1/h1-8H2. The van der Waals surface area contributed by atoms with Crippen molar-refractivity contribution in [1.29, 1.82) is 0 Å². The van der Waals surface area contributed by atoms with Gasteiger partial charge in [-0.3, -0.25) is 0 Å². The summed E-state index contributed by atoms with van der Waals surface area (Å²) in [5, 5.41) is 0. The maximum absolute atomic E-state index is 2.12. The summed E-state index contributed by atoms with van der Waals surface area (Å²) >= 11 is 6.34. The Kier molecular flexibility index (Phi) is 10.1. The Morgan fingerprint density at radius 2 is 0.692 bits per heavy atom. The van der Waals surface area contributed by atoms with E-state index in [-0.39, 0.29) is 0 Å². The number of rotatable bonds is 0. The molecule has 1 fully saturated rings. The zero-order chi connectivity index (χ0) is 9.19. The summed E-state index contributed by atoms with van der Waals surface area (Å²) < 4.78 is 0. The second kappa shape index (κ2) is 10.3. The SMILES string of the molecule is C1CSCCSSCCSCCS1. The van der Waals surface area contributed by atoms with Crippen LogP contribution in [0, 0.1) is 0 Å². The minimum absolute atomic E-state index is 1.32. The molecular formula is C8H16S5. The van der Waals surface area contributed by atoms with E-state index in [0.29, 0.717) is 0 Å². The van der Waals surface area contributed by atoms with Gasteiger partial charge < -0.3 is 0 Å². The lowest BCUT2D eigenvalue weighted by molar-refractivity contribution is 1.46. The Bertz CT molecular complexity index is 60.6. The van der Waals surface area contributed by atoms with Gasteiger partial charge in [-0.25, -0.2) is 0 Å². The summed E-state index contributed by atoms with van der Waals surface area (Å²) in [6, 6.07) is 0. The molecule has 1 aliphatic rings. The number of thioether (sulfide) groups is 3. The first kappa shape index (κ1) is 12.8. The average molecular weight is 273 g/mol. The van der Waals surface area contributed by atoms with E-state index in [1.807, 2.05) is 0 Å². The van der Waals surface area contributed by atoms with Crippen LogP contribution in [0.3, 0.4) is 0 Å². The van der Waals surface area contributed by atoms with Gasteiger partial charge in [0.15, 0.2) is 0 Å². The number of hydrogen-bond donors (Lipinski definition) is 0. The van der Waals surface area contributed by atoms with Gasteiger partial charge in [0.1, 0.15) is 0 Å². The van der Waals surface area contributed by atoms with Gasteiger partial charge in [-0.2, -0.15) is 35.3 Å². The molecule has 0 radical (unpaired) electrons. The Morgan fingerprint density at radius 3 is 1.08 bits per heavy atom. The van der Waals surface area contributed by atoms with Gasteiger partial charge >= 0.3 is 0 Å². The molecule has 0 aromatic rings. The van der Waals surface area contributed by atoms with E-state index in [4.69, 9.17) is 0 Å². The van der Waals surface area contributed by atoms with Crippen LogP contribution in [0.25, 0.3) is 0 Å². The lowest BCUT2D eigenvalue weighted by Crippen LogP contribution is -1.91. The van der Waals surface area contributed by atoms with Crippen molar-refractivity contribution in [2.75, 3.05) is 46.0 Å². The highest BCUT2D eigenvalue weighted by molar-refractivity contribution is 8.76. The highest BCUT2D eigenvalue weighted by Crippen LogP contribution is 2.24. The van der Waals surface area contributed by atoms with E-state index in [1.54, 1.807) is 0 Å². The zero-order valence-electron chi connectivity index (χ0n) is 7.70. The lowest BCUT2D eigenvalue weighted by Gasteiger charge is -1.99. The molecule has 5 heteroatoms. The average Bonchev–Trinajstić information content (AvgIpc) is 2.18. The molecule has 1 heterocycles. The fraction of sp³-hybridized carbons (Fsp3) is 1.00. The Morgan fingerprint density at radius 1 is 0.385 bits per heavy atom. The Hall–Kier alpha value is 1.75. The van der Waals surface area contributed by atoms with Gasteiger partial charge in [0, 0.05) is 46.0 Å². The van der Waals surface area contributed by atoms with E-state index in [2.05, 4.69) is 56.9 Å². The lowest BCUT2D eigenvalue weighted by atomic mass is 10.9. The van der Waals surface area contributed by atoms with Crippen molar-refractivity contribution in [2.45, 2.75) is 0 Å². The maximum Gasteiger partial charge on any atom is 0.0128 e. The third-order valence-corrected chi connectivity index (χ3v) is 7.85. The minimum Gasteiger partial charge on any atom is -0.160 e. The molecule has 0 aromatic carbocycles. The van der Waals surface area contributed by atoms with Crippen LogP contribution in [0.5, 0.6) is 0 Å². The second-order valence-corrected chi connectivity index (χ2v) is 8.86. The van der Waals surface area contributed by atoms with Crippen LogP contribution >= 0.6 is 56.9 Å². The van der Waals surface area contributed by atoms with Gasteiger partial charge in [-0.1, -0.05) is 21.6 Å².